The number of likely N-dealkylation sites (tertiary alicyclic amines) is 1. The first-order valence-electron chi connectivity index (χ1n) is 19.7. The summed E-state index contributed by atoms with van der Waals surface area (Å²) in [4.78, 5) is 59.3. The number of imidazole rings is 1. The number of hydrogen-bond acceptors (Lipinski definition) is 11. The van der Waals surface area contributed by atoms with E-state index in [-0.39, 0.29) is 43.4 Å². The van der Waals surface area contributed by atoms with Crippen molar-refractivity contribution in [2.45, 2.75) is 76.7 Å². The number of carbonyl (C=O) groups excluding carboxylic acids is 3. The van der Waals surface area contributed by atoms with Crippen molar-refractivity contribution in [2.75, 3.05) is 13.7 Å². The number of sulfonamides is 1. The third-order valence-corrected chi connectivity index (χ3v) is 15.0. The number of ether oxygens (including phenoxy) is 2. The highest BCUT2D eigenvalue weighted by Crippen LogP contribution is 2.57. The van der Waals surface area contributed by atoms with Gasteiger partial charge in [-0.15, -0.1) is 17.9 Å². The number of nitrogens with one attached hydrogen (secondary N) is 1. The van der Waals surface area contributed by atoms with Gasteiger partial charge in [-0.1, -0.05) is 50.6 Å². The van der Waals surface area contributed by atoms with Gasteiger partial charge in [-0.05, 0) is 60.9 Å². The van der Waals surface area contributed by atoms with Gasteiger partial charge in [0.25, 0.3) is 0 Å². The van der Waals surface area contributed by atoms with Crippen LogP contribution in [0.15, 0.2) is 66.7 Å². The number of nitrogens with zero attached hydrogens (tertiary/aromatic N) is 5. The number of carbonyl (C=O) groups is 3. The summed E-state index contributed by atoms with van der Waals surface area (Å²) in [5.74, 6) is -0.772. The number of aromatic nitrogens is 4. The highest BCUT2D eigenvalue weighted by Gasteiger charge is 2.61. The van der Waals surface area contributed by atoms with E-state index in [9.17, 15) is 18.0 Å². The van der Waals surface area contributed by atoms with Gasteiger partial charge in [0.1, 0.15) is 17.5 Å². The highest BCUT2D eigenvalue weighted by molar-refractivity contribution is 7.90. The Bertz CT molecular complexity index is 2620. The van der Waals surface area contributed by atoms with E-state index in [0.29, 0.717) is 41.1 Å². The summed E-state index contributed by atoms with van der Waals surface area (Å²) >= 11 is 7.86. The van der Waals surface area contributed by atoms with E-state index in [1.54, 1.807) is 36.4 Å². The molecule has 0 spiro atoms. The number of benzene rings is 2. The van der Waals surface area contributed by atoms with Gasteiger partial charge in [-0.25, -0.2) is 23.4 Å². The molecule has 5 atom stereocenters. The number of ketones is 1. The summed E-state index contributed by atoms with van der Waals surface area (Å²) in [5, 5.41) is 3.90. The summed E-state index contributed by atoms with van der Waals surface area (Å²) in [5.41, 5.74) is 0.714. The minimum atomic E-state index is -3.86. The molecule has 3 aromatic heterocycles. The van der Waals surface area contributed by atoms with Crippen molar-refractivity contribution in [2.24, 2.45) is 29.7 Å². The monoisotopic (exact) mass is 858 g/mol. The van der Waals surface area contributed by atoms with Crippen molar-refractivity contribution >= 4 is 72.4 Å². The number of halogens is 1. The van der Waals surface area contributed by atoms with Crippen LogP contribution in [0.4, 0.5) is 0 Å². The number of rotatable bonds is 14. The van der Waals surface area contributed by atoms with Gasteiger partial charge in [0.2, 0.25) is 27.7 Å². The maximum atomic E-state index is 15.1. The van der Waals surface area contributed by atoms with E-state index in [2.05, 4.69) is 16.3 Å². The average Bonchev–Trinajstić information content (AvgIpc) is 4.05. The van der Waals surface area contributed by atoms with Crippen LogP contribution in [0.3, 0.4) is 0 Å². The van der Waals surface area contributed by atoms with Crippen molar-refractivity contribution in [3.05, 3.63) is 76.7 Å². The number of allylic oxidation sites excluding steroid dienone is 1. The van der Waals surface area contributed by atoms with E-state index in [4.69, 9.17) is 31.0 Å². The minimum Gasteiger partial charge on any atom is -0.494 e. The van der Waals surface area contributed by atoms with Gasteiger partial charge < -0.3 is 18.9 Å². The van der Waals surface area contributed by atoms with Crippen LogP contribution < -0.4 is 14.2 Å². The largest absolute Gasteiger partial charge is 0.494 e. The molecular weight excluding hydrogens is 812 g/mol. The minimum absolute atomic E-state index is 0.0701. The maximum absolute atomic E-state index is 15.1. The van der Waals surface area contributed by atoms with Gasteiger partial charge in [0.05, 0.1) is 52.6 Å². The van der Waals surface area contributed by atoms with Crippen molar-refractivity contribution in [1.29, 1.82) is 0 Å². The van der Waals surface area contributed by atoms with Gasteiger partial charge >= 0.3 is 0 Å². The van der Waals surface area contributed by atoms with Crippen LogP contribution in [-0.2, 0) is 37.9 Å². The number of para-hydroxylation sites is 2. The first-order chi connectivity index (χ1) is 28.0. The van der Waals surface area contributed by atoms with Gasteiger partial charge in [0, 0.05) is 53.4 Å². The molecule has 0 bridgehead atoms. The predicted molar refractivity (Wildman–Crippen MR) is 227 cm³/mol. The molecule has 1 unspecified atom stereocenters. The number of aryl methyl sites for hydroxylation is 1. The van der Waals surface area contributed by atoms with Crippen molar-refractivity contribution in [1.82, 2.24) is 29.1 Å². The number of Topliss-reactive ketones (excluding diaryl/α,β-unsaturated/α-hetero) is 1. The van der Waals surface area contributed by atoms with Crippen LogP contribution in [0.1, 0.15) is 57.9 Å². The molecule has 8 rings (SSSR count). The van der Waals surface area contributed by atoms with Crippen LogP contribution in [0.5, 0.6) is 11.6 Å². The van der Waals surface area contributed by atoms with Crippen LogP contribution in [0.2, 0.25) is 5.02 Å². The fourth-order valence-corrected chi connectivity index (χ4v) is 10.7. The lowest BCUT2D eigenvalue weighted by Gasteiger charge is -2.35. The molecule has 16 heteroatoms. The quantitative estimate of drug-likeness (QED) is 0.116. The molecule has 2 saturated carbocycles. The number of hydrogen-bond donors (Lipinski definition) is 1. The third kappa shape index (κ3) is 7.84. The molecule has 3 aliphatic rings. The van der Waals surface area contributed by atoms with Crippen LogP contribution in [0, 0.1) is 22.7 Å². The second-order valence-corrected chi connectivity index (χ2v) is 20.4. The second-order valence-electron chi connectivity index (χ2n) is 17.1. The second kappa shape index (κ2) is 15.3. The van der Waals surface area contributed by atoms with E-state index in [1.807, 2.05) is 68.1 Å². The van der Waals surface area contributed by atoms with E-state index < -0.39 is 56.0 Å². The molecular formula is C43H47ClN6O7S2. The van der Waals surface area contributed by atoms with Crippen LogP contribution >= 0.6 is 22.9 Å². The third-order valence-electron chi connectivity index (χ3n) is 12.0. The lowest BCUT2D eigenvalue weighted by atomic mass is 9.77. The number of fused-ring (bicyclic) bond motifs is 2. The summed E-state index contributed by atoms with van der Waals surface area (Å²) in [6, 6.07) is 12.2. The number of pyridine rings is 1. The Morgan fingerprint density at radius 1 is 1.14 bits per heavy atom. The van der Waals surface area contributed by atoms with E-state index in [1.165, 1.54) is 11.3 Å². The van der Waals surface area contributed by atoms with Crippen molar-refractivity contribution in [3.63, 3.8) is 0 Å². The molecule has 1 saturated heterocycles. The zero-order valence-corrected chi connectivity index (χ0v) is 36.0. The first-order valence-corrected chi connectivity index (χ1v) is 22.5. The predicted octanol–water partition coefficient (Wildman–Crippen LogP) is 6.92. The summed E-state index contributed by atoms with van der Waals surface area (Å²) in [6.45, 7) is 9.91. The molecule has 13 nitrogen and oxygen atoms in total. The first kappa shape index (κ1) is 40.9. The molecule has 310 valence electrons. The fraction of sp³-hybridized carbons (Fsp3) is 0.442. The average molecular weight is 859 g/mol. The molecule has 5 aromatic rings. The Hall–Kier alpha value is -4.86. The summed E-state index contributed by atoms with van der Waals surface area (Å²) in [7, 11) is -0.360. The molecule has 4 heterocycles. The Balaban J connectivity index is 1.10. The lowest BCUT2D eigenvalue weighted by molar-refractivity contribution is -0.144. The Morgan fingerprint density at radius 3 is 2.58 bits per heavy atom. The molecule has 59 heavy (non-hydrogen) atoms. The Labute approximate surface area is 352 Å². The number of methoxy groups -OCH3 is 1. The standard InChI is InChI=1S/C43H47ClN6O7S2/c1-7-24-19-43(24,41(53)48-59(54,55)27-13-14-27)20-35(51)34-17-26(57-39-29-16-25(44)12-15-28(29)36(56-6)21-45-39)22-50(34)40(52)30(42(2,3)4)18-37-46-32(23-58-37)38-47-31-10-8-9-11-33(31)49(38)5/h7-12,15-16,21,23-24,26-27,30,34H,1,13-14,17-20,22H2,2-6H3,(H,48,53)/t24-,26?,30-,34+,43-/m1/s1. The molecule has 2 amide bonds. The Morgan fingerprint density at radius 2 is 1.90 bits per heavy atom. The smallest absolute Gasteiger partial charge is 0.240 e. The molecule has 1 N–H and O–H groups in total. The normalized spacial score (nSPS) is 22.3. The lowest BCUT2D eigenvalue weighted by Crippen LogP contribution is -2.48. The van der Waals surface area contributed by atoms with E-state index >= 15 is 4.79 Å². The van der Waals surface area contributed by atoms with Crippen molar-refractivity contribution < 1.29 is 32.3 Å². The maximum Gasteiger partial charge on any atom is 0.240 e. The zero-order valence-electron chi connectivity index (χ0n) is 33.6. The van der Waals surface area contributed by atoms with Gasteiger partial charge in [-0.2, -0.15) is 0 Å². The van der Waals surface area contributed by atoms with Gasteiger partial charge in [0.15, 0.2) is 11.6 Å². The molecule has 2 aliphatic carbocycles. The van der Waals surface area contributed by atoms with Crippen LogP contribution in [-0.4, -0.2) is 81.5 Å². The SMILES string of the molecule is C=C[C@@H]1C[C@]1(CC(=O)[C@@H]1CC(Oc2ncc(OC)c3ccc(Cl)cc23)CN1C(=O)[C@@H](Cc1nc(-c2nc3ccccc3n2C)cs1)C(C)(C)C)C(=O)NS(=O)(=O)C1CC1. The molecule has 1 aliphatic heterocycles. The fourth-order valence-electron chi connectivity index (χ4n) is 8.34. The van der Waals surface area contributed by atoms with E-state index in [0.717, 1.165) is 27.3 Å². The van der Waals surface area contributed by atoms with Crippen molar-refractivity contribution in [3.8, 4) is 23.1 Å². The molecule has 3 fully saturated rings. The number of amides is 2. The molecule has 0 radical (unpaired) electrons. The number of thiazole rings is 1. The zero-order chi connectivity index (χ0) is 42.0. The van der Waals surface area contributed by atoms with Gasteiger partial charge in [-0.3, -0.25) is 19.1 Å². The topological polar surface area (TPSA) is 163 Å². The Kier molecular flexibility index (Phi) is 10.6. The summed E-state index contributed by atoms with van der Waals surface area (Å²) in [6.07, 6.45) is 3.92. The molecule has 2 aromatic carbocycles. The summed E-state index contributed by atoms with van der Waals surface area (Å²) < 4.78 is 42.0. The van der Waals surface area contributed by atoms with Crippen LogP contribution in [0.25, 0.3) is 33.3 Å². The highest BCUT2D eigenvalue weighted by atomic mass is 35.5.